The summed E-state index contributed by atoms with van der Waals surface area (Å²) in [6.07, 6.45) is 104. The predicted molar refractivity (Wildman–Crippen MR) is 403 cm³/mol. The Kier molecular flexibility index (Phi) is 79.8. The highest BCUT2D eigenvalue weighted by molar-refractivity contribution is 5.76. The number of carbonyl (C=O) groups excluding carboxylic acids is 2. The standard InChI is InChI=1S/C85H167NO5/c1-3-5-7-9-11-13-15-17-18-19-20-21-22-36-39-42-45-48-51-54-57-61-65-69-73-77-83(88)82(81-87)86-84(89)78-74-70-66-62-58-55-52-49-46-43-40-37-34-32-30-28-26-24-23-25-27-29-31-33-35-38-41-44-47-50-53-56-60-64-68-72-76-80-91-85(90)79-75-71-67-63-59-16-14-12-10-8-6-4-2/h73,77,82-83,87-88H,3-72,74-76,78-81H2,1-2H3,(H,86,89)/b77-73+. The van der Waals surface area contributed by atoms with E-state index >= 15 is 0 Å². The number of carbonyl (C=O) groups is 2. The molecule has 0 aromatic carbocycles. The molecule has 0 saturated carbocycles. The molecule has 0 spiro atoms. The molecule has 0 radical (unpaired) electrons. The van der Waals surface area contributed by atoms with E-state index < -0.39 is 12.1 Å². The Morgan fingerprint density at radius 3 is 0.747 bits per heavy atom. The van der Waals surface area contributed by atoms with Crippen LogP contribution < -0.4 is 5.32 Å². The maximum atomic E-state index is 12.6. The van der Waals surface area contributed by atoms with Crippen molar-refractivity contribution in [3.05, 3.63) is 12.2 Å². The van der Waals surface area contributed by atoms with Crippen molar-refractivity contribution in [1.29, 1.82) is 0 Å². The summed E-state index contributed by atoms with van der Waals surface area (Å²) < 4.78 is 5.49. The monoisotopic (exact) mass is 1280 g/mol. The SMILES string of the molecule is CCCCCCCCCCCCCCCCCCCCCCCCC/C=C/C(O)C(CO)NC(=O)CCCCCCCCCCCCCCCCCCCCCCCCCCCCCCCCCCCCCCCOC(=O)CCCCCCCCCCCCCC. The van der Waals surface area contributed by atoms with Gasteiger partial charge in [-0.1, -0.05) is 463 Å². The summed E-state index contributed by atoms with van der Waals surface area (Å²) in [5.74, 6) is -0.0309. The lowest BCUT2D eigenvalue weighted by molar-refractivity contribution is -0.143. The fourth-order valence-electron chi connectivity index (χ4n) is 13.9. The van der Waals surface area contributed by atoms with Gasteiger partial charge in [0.05, 0.1) is 25.4 Å². The van der Waals surface area contributed by atoms with Crippen molar-refractivity contribution in [3.8, 4) is 0 Å². The maximum Gasteiger partial charge on any atom is 0.305 e. The summed E-state index contributed by atoms with van der Waals surface area (Å²) in [4.78, 5) is 24.6. The van der Waals surface area contributed by atoms with Gasteiger partial charge in [0.1, 0.15) is 0 Å². The number of hydrogen-bond donors (Lipinski definition) is 3. The van der Waals surface area contributed by atoms with Crippen LogP contribution in [0.3, 0.4) is 0 Å². The number of unbranched alkanes of at least 4 members (excludes halogenated alkanes) is 70. The normalized spacial score (nSPS) is 12.4. The van der Waals surface area contributed by atoms with Gasteiger partial charge in [-0.25, -0.2) is 0 Å². The number of nitrogens with one attached hydrogen (secondary N) is 1. The van der Waals surface area contributed by atoms with E-state index in [2.05, 4.69) is 19.2 Å². The van der Waals surface area contributed by atoms with Crippen LogP contribution in [0.15, 0.2) is 12.2 Å². The second kappa shape index (κ2) is 81.0. The van der Waals surface area contributed by atoms with Crippen molar-refractivity contribution in [2.45, 2.75) is 508 Å². The Bertz CT molecular complexity index is 1380. The van der Waals surface area contributed by atoms with Gasteiger partial charge in [0, 0.05) is 12.8 Å². The molecule has 0 heterocycles. The average molecular weight is 1280 g/mol. The first-order valence-electron chi connectivity index (χ1n) is 42.5. The van der Waals surface area contributed by atoms with Gasteiger partial charge in [-0.2, -0.15) is 0 Å². The molecule has 0 aliphatic heterocycles. The first-order valence-corrected chi connectivity index (χ1v) is 42.5. The van der Waals surface area contributed by atoms with Crippen LogP contribution in [0.2, 0.25) is 0 Å². The van der Waals surface area contributed by atoms with Crippen LogP contribution in [0.1, 0.15) is 495 Å². The maximum absolute atomic E-state index is 12.6. The van der Waals surface area contributed by atoms with E-state index in [0.717, 1.165) is 38.5 Å². The molecule has 0 aliphatic carbocycles. The molecular weight excluding hydrogens is 1110 g/mol. The van der Waals surface area contributed by atoms with E-state index in [0.29, 0.717) is 19.4 Å². The van der Waals surface area contributed by atoms with Gasteiger partial charge < -0.3 is 20.3 Å². The molecule has 0 bridgehead atoms. The molecule has 3 N–H and O–H groups in total. The number of ether oxygens (including phenoxy) is 1. The van der Waals surface area contributed by atoms with E-state index in [-0.39, 0.29) is 18.5 Å². The largest absolute Gasteiger partial charge is 0.466 e. The molecule has 0 aromatic heterocycles. The predicted octanol–water partition coefficient (Wildman–Crippen LogP) is 28.2. The molecule has 1 amide bonds. The highest BCUT2D eigenvalue weighted by Gasteiger charge is 2.18. The summed E-state index contributed by atoms with van der Waals surface area (Å²) in [6, 6.07) is -0.624. The Morgan fingerprint density at radius 2 is 0.505 bits per heavy atom. The molecule has 6 nitrogen and oxygen atoms in total. The summed E-state index contributed by atoms with van der Waals surface area (Å²) in [5, 5.41) is 23.3. The van der Waals surface area contributed by atoms with Gasteiger partial charge in [0.25, 0.3) is 0 Å². The van der Waals surface area contributed by atoms with Crippen LogP contribution in [-0.2, 0) is 14.3 Å². The zero-order valence-corrected chi connectivity index (χ0v) is 62.4. The minimum atomic E-state index is -0.842. The quantitative estimate of drug-likeness (QED) is 0.0320. The van der Waals surface area contributed by atoms with Crippen LogP contribution in [0.4, 0.5) is 0 Å². The molecule has 2 unspecified atom stereocenters. The number of amides is 1. The number of allylic oxidation sites excluding steroid dienone is 1. The third kappa shape index (κ3) is 77.5. The van der Waals surface area contributed by atoms with Crippen LogP contribution >= 0.6 is 0 Å². The van der Waals surface area contributed by atoms with Gasteiger partial charge in [0.2, 0.25) is 5.91 Å². The van der Waals surface area contributed by atoms with E-state index in [4.69, 9.17) is 4.74 Å². The lowest BCUT2D eigenvalue weighted by atomic mass is 10.0. The smallest absolute Gasteiger partial charge is 0.305 e. The Hall–Kier alpha value is -1.40. The lowest BCUT2D eigenvalue weighted by Crippen LogP contribution is -2.45. The van der Waals surface area contributed by atoms with E-state index in [1.165, 1.54) is 430 Å². The molecule has 91 heavy (non-hydrogen) atoms. The van der Waals surface area contributed by atoms with Crippen LogP contribution in [-0.4, -0.2) is 47.4 Å². The fourth-order valence-corrected chi connectivity index (χ4v) is 13.9. The molecule has 0 fully saturated rings. The highest BCUT2D eigenvalue weighted by atomic mass is 16.5. The van der Waals surface area contributed by atoms with E-state index in [1.54, 1.807) is 6.08 Å². The lowest BCUT2D eigenvalue weighted by Gasteiger charge is -2.20. The molecular formula is C85H167NO5. The van der Waals surface area contributed by atoms with Gasteiger partial charge in [0.15, 0.2) is 0 Å². The Labute approximate surface area is 571 Å². The van der Waals surface area contributed by atoms with Crippen LogP contribution in [0.25, 0.3) is 0 Å². The molecule has 542 valence electrons. The van der Waals surface area contributed by atoms with Crippen molar-refractivity contribution in [3.63, 3.8) is 0 Å². The van der Waals surface area contributed by atoms with Crippen molar-refractivity contribution in [2.75, 3.05) is 13.2 Å². The summed E-state index contributed by atoms with van der Waals surface area (Å²) in [5.41, 5.74) is 0. The average Bonchev–Trinajstić information content (AvgIpc) is 3.76. The van der Waals surface area contributed by atoms with Crippen molar-refractivity contribution in [1.82, 2.24) is 5.32 Å². The molecule has 2 atom stereocenters. The minimum Gasteiger partial charge on any atom is -0.466 e. The Morgan fingerprint density at radius 1 is 0.297 bits per heavy atom. The molecule has 0 aromatic rings. The zero-order chi connectivity index (χ0) is 65.6. The van der Waals surface area contributed by atoms with Gasteiger partial charge in [-0.05, 0) is 32.1 Å². The van der Waals surface area contributed by atoms with E-state index in [1.807, 2.05) is 6.08 Å². The summed E-state index contributed by atoms with van der Waals surface area (Å²) in [7, 11) is 0. The third-order valence-electron chi connectivity index (χ3n) is 20.3. The number of hydrogen-bond acceptors (Lipinski definition) is 5. The number of aliphatic hydroxyl groups excluding tert-OH is 2. The Balaban J connectivity index is 3.33. The first-order chi connectivity index (χ1) is 45.0. The minimum absolute atomic E-state index is 0.0251. The summed E-state index contributed by atoms with van der Waals surface area (Å²) in [6.45, 7) is 4.97. The van der Waals surface area contributed by atoms with Crippen molar-refractivity contribution >= 4 is 11.9 Å². The molecule has 0 saturated heterocycles. The van der Waals surface area contributed by atoms with Crippen molar-refractivity contribution < 1.29 is 24.5 Å². The molecule has 6 heteroatoms. The first kappa shape index (κ1) is 89.6. The summed E-state index contributed by atoms with van der Waals surface area (Å²) >= 11 is 0. The number of aliphatic hydroxyl groups is 2. The number of esters is 1. The van der Waals surface area contributed by atoms with Gasteiger partial charge in [-0.15, -0.1) is 0 Å². The molecule has 0 aliphatic rings. The van der Waals surface area contributed by atoms with Crippen LogP contribution in [0, 0.1) is 0 Å². The highest BCUT2D eigenvalue weighted by Crippen LogP contribution is 2.21. The van der Waals surface area contributed by atoms with Gasteiger partial charge >= 0.3 is 5.97 Å². The van der Waals surface area contributed by atoms with E-state index in [9.17, 15) is 19.8 Å². The van der Waals surface area contributed by atoms with Crippen molar-refractivity contribution in [2.24, 2.45) is 0 Å². The fraction of sp³-hybridized carbons (Fsp3) is 0.953. The number of rotatable bonds is 81. The zero-order valence-electron chi connectivity index (χ0n) is 62.4. The molecule has 0 rings (SSSR count). The van der Waals surface area contributed by atoms with Crippen LogP contribution in [0.5, 0.6) is 0 Å². The third-order valence-corrected chi connectivity index (χ3v) is 20.3. The topological polar surface area (TPSA) is 95.9 Å². The second-order valence-electron chi connectivity index (χ2n) is 29.5. The van der Waals surface area contributed by atoms with Gasteiger partial charge in [-0.3, -0.25) is 9.59 Å². The second-order valence-corrected chi connectivity index (χ2v) is 29.5.